The maximum Gasteiger partial charge on any atom is 0.338 e. The number of nitrogens with two attached hydrogens (primary N) is 1. The van der Waals surface area contributed by atoms with E-state index in [4.69, 9.17) is 14.9 Å². The molecule has 2 amide bonds. The molecule has 1 aromatic carbocycles. The van der Waals surface area contributed by atoms with Crippen LogP contribution in [0.1, 0.15) is 23.2 Å². The maximum atomic E-state index is 12.1. The van der Waals surface area contributed by atoms with Gasteiger partial charge in [0.25, 0.3) is 5.91 Å². The van der Waals surface area contributed by atoms with Gasteiger partial charge < -0.3 is 19.8 Å². The lowest BCUT2D eigenvalue weighted by molar-refractivity contribution is -0.137. The van der Waals surface area contributed by atoms with Crippen LogP contribution in [0.2, 0.25) is 0 Å². The highest BCUT2D eigenvalue weighted by atomic mass is 16.5. The van der Waals surface area contributed by atoms with Crippen LogP contribution in [0, 0.1) is 5.92 Å². The number of piperidine rings is 1. The number of ether oxygens (including phenoxy) is 1. The number of carbonyl (C=O) groups excluding carboxylic acids is 3. The Balaban J connectivity index is 1.52. The van der Waals surface area contributed by atoms with E-state index in [1.807, 2.05) is 0 Å². The summed E-state index contributed by atoms with van der Waals surface area (Å²) >= 11 is 0. The van der Waals surface area contributed by atoms with Crippen molar-refractivity contribution in [3.8, 4) is 0 Å². The van der Waals surface area contributed by atoms with E-state index in [-0.39, 0.29) is 24.3 Å². The lowest BCUT2D eigenvalue weighted by Crippen LogP contribution is -2.43. The van der Waals surface area contributed by atoms with Gasteiger partial charge in [0.1, 0.15) is 5.52 Å². The van der Waals surface area contributed by atoms with Crippen molar-refractivity contribution in [2.45, 2.75) is 12.8 Å². The number of primary amides is 1. The summed E-state index contributed by atoms with van der Waals surface area (Å²) in [6, 6.07) is 4.73. The Hall–Kier alpha value is -2.90. The van der Waals surface area contributed by atoms with Gasteiger partial charge in [-0.05, 0) is 31.0 Å². The molecule has 0 unspecified atom stereocenters. The van der Waals surface area contributed by atoms with Crippen LogP contribution in [0.4, 0.5) is 0 Å². The summed E-state index contributed by atoms with van der Waals surface area (Å²) < 4.78 is 10.2. The second-order valence-corrected chi connectivity index (χ2v) is 5.67. The Morgan fingerprint density at radius 2 is 2.04 bits per heavy atom. The number of oxazole rings is 1. The molecular formula is C16H17N3O5. The van der Waals surface area contributed by atoms with Crippen LogP contribution in [-0.4, -0.2) is 47.4 Å². The summed E-state index contributed by atoms with van der Waals surface area (Å²) in [6.45, 7) is 0.538. The van der Waals surface area contributed by atoms with Crippen LogP contribution in [0.25, 0.3) is 11.1 Å². The number of hydrogen-bond acceptors (Lipinski definition) is 6. The molecular weight excluding hydrogens is 314 g/mol. The molecule has 3 rings (SSSR count). The number of hydrogen-bond donors (Lipinski definition) is 1. The lowest BCUT2D eigenvalue weighted by Gasteiger charge is -2.30. The van der Waals surface area contributed by atoms with Crippen molar-refractivity contribution in [1.82, 2.24) is 9.88 Å². The van der Waals surface area contributed by atoms with E-state index >= 15 is 0 Å². The molecule has 1 saturated heterocycles. The quantitative estimate of drug-likeness (QED) is 0.825. The maximum absolute atomic E-state index is 12.1. The normalized spacial score (nSPS) is 15.4. The molecule has 0 bridgehead atoms. The molecule has 126 valence electrons. The Morgan fingerprint density at radius 1 is 1.29 bits per heavy atom. The number of carbonyl (C=O) groups is 3. The number of esters is 1. The molecule has 0 spiro atoms. The zero-order valence-corrected chi connectivity index (χ0v) is 12.9. The predicted octanol–water partition coefficient (Wildman–Crippen LogP) is 0.709. The summed E-state index contributed by atoms with van der Waals surface area (Å²) in [6.07, 6.45) is 2.37. The number of likely N-dealkylation sites (tertiary alicyclic amines) is 1. The molecule has 1 aliphatic heterocycles. The van der Waals surface area contributed by atoms with Crippen LogP contribution in [0.15, 0.2) is 29.0 Å². The fourth-order valence-electron chi connectivity index (χ4n) is 2.70. The first-order valence-electron chi connectivity index (χ1n) is 7.62. The van der Waals surface area contributed by atoms with Gasteiger partial charge in [0.2, 0.25) is 5.91 Å². The lowest BCUT2D eigenvalue weighted by atomic mass is 9.96. The first kappa shape index (κ1) is 16.0. The van der Waals surface area contributed by atoms with Crippen molar-refractivity contribution in [2.75, 3.05) is 19.7 Å². The van der Waals surface area contributed by atoms with E-state index in [0.29, 0.717) is 42.6 Å². The van der Waals surface area contributed by atoms with Crippen LogP contribution in [0.3, 0.4) is 0 Å². The highest BCUT2D eigenvalue weighted by Crippen LogP contribution is 2.17. The number of rotatable bonds is 4. The Morgan fingerprint density at radius 3 is 2.75 bits per heavy atom. The molecule has 1 aliphatic rings. The van der Waals surface area contributed by atoms with Crippen molar-refractivity contribution >= 4 is 28.9 Å². The Kier molecular flexibility index (Phi) is 4.45. The van der Waals surface area contributed by atoms with E-state index < -0.39 is 5.97 Å². The van der Waals surface area contributed by atoms with Crippen molar-refractivity contribution in [3.05, 3.63) is 30.2 Å². The predicted molar refractivity (Wildman–Crippen MR) is 82.8 cm³/mol. The van der Waals surface area contributed by atoms with Crippen LogP contribution in [0.5, 0.6) is 0 Å². The molecule has 2 aromatic rings. The zero-order chi connectivity index (χ0) is 17.1. The molecule has 0 saturated carbocycles. The average Bonchev–Trinajstić information content (AvgIpc) is 3.07. The monoisotopic (exact) mass is 331 g/mol. The fourth-order valence-corrected chi connectivity index (χ4v) is 2.70. The second-order valence-electron chi connectivity index (χ2n) is 5.67. The SMILES string of the molecule is NC(=O)C1CCN(C(=O)COC(=O)c2ccc3ncoc3c2)CC1. The van der Waals surface area contributed by atoms with Gasteiger partial charge in [-0.3, -0.25) is 9.59 Å². The summed E-state index contributed by atoms with van der Waals surface area (Å²) in [5, 5.41) is 0. The van der Waals surface area contributed by atoms with Gasteiger partial charge >= 0.3 is 5.97 Å². The molecule has 0 atom stereocenters. The Labute approximate surface area is 137 Å². The highest BCUT2D eigenvalue weighted by molar-refractivity contribution is 5.94. The molecule has 24 heavy (non-hydrogen) atoms. The molecule has 1 fully saturated rings. The minimum absolute atomic E-state index is 0.190. The van der Waals surface area contributed by atoms with E-state index in [2.05, 4.69) is 4.98 Å². The van der Waals surface area contributed by atoms with Gasteiger partial charge in [0, 0.05) is 19.0 Å². The van der Waals surface area contributed by atoms with Gasteiger partial charge in [-0.15, -0.1) is 0 Å². The van der Waals surface area contributed by atoms with Gasteiger partial charge in [0.15, 0.2) is 18.6 Å². The molecule has 8 heteroatoms. The number of fused-ring (bicyclic) bond motifs is 1. The van der Waals surface area contributed by atoms with Gasteiger partial charge in [-0.25, -0.2) is 9.78 Å². The minimum atomic E-state index is -0.603. The average molecular weight is 331 g/mol. The molecule has 1 aromatic heterocycles. The van der Waals surface area contributed by atoms with E-state index in [1.165, 1.54) is 12.5 Å². The molecule has 0 aliphatic carbocycles. The molecule has 2 heterocycles. The van der Waals surface area contributed by atoms with Crippen molar-refractivity contribution in [2.24, 2.45) is 11.7 Å². The minimum Gasteiger partial charge on any atom is -0.452 e. The van der Waals surface area contributed by atoms with Gasteiger partial charge in [-0.1, -0.05) is 0 Å². The third kappa shape index (κ3) is 3.37. The first-order valence-corrected chi connectivity index (χ1v) is 7.62. The van der Waals surface area contributed by atoms with Crippen molar-refractivity contribution in [3.63, 3.8) is 0 Å². The standard InChI is InChI=1S/C16H17N3O5/c17-15(21)10-3-5-19(6-4-10)14(20)8-23-16(22)11-1-2-12-13(7-11)24-9-18-12/h1-2,7,9-10H,3-6,8H2,(H2,17,21). The largest absolute Gasteiger partial charge is 0.452 e. The van der Waals surface area contributed by atoms with E-state index in [9.17, 15) is 14.4 Å². The zero-order valence-electron chi connectivity index (χ0n) is 12.9. The summed E-state index contributed by atoms with van der Waals surface area (Å²) in [7, 11) is 0. The fraction of sp³-hybridized carbons (Fsp3) is 0.375. The van der Waals surface area contributed by atoms with Gasteiger partial charge in [-0.2, -0.15) is 0 Å². The first-order chi connectivity index (χ1) is 11.5. The summed E-state index contributed by atoms with van der Waals surface area (Å²) in [5.41, 5.74) is 6.67. The van der Waals surface area contributed by atoms with Crippen LogP contribution >= 0.6 is 0 Å². The molecule has 0 radical (unpaired) electrons. The second kappa shape index (κ2) is 6.69. The van der Waals surface area contributed by atoms with Crippen molar-refractivity contribution < 1.29 is 23.5 Å². The van der Waals surface area contributed by atoms with E-state index in [0.717, 1.165) is 0 Å². The van der Waals surface area contributed by atoms with Crippen LogP contribution < -0.4 is 5.73 Å². The smallest absolute Gasteiger partial charge is 0.338 e. The number of aromatic nitrogens is 1. The number of nitrogens with zero attached hydrogens (tertiary/aromatic N) is 2. The van der Waals surface area contributed by atoms with E-state index in [1.54, 1.807) is 17.0 Å². The third-order valence-electron chi connectivity index (χ3n) is 4.14. The number of amides is 2. The molecule has 2 N–H and O–H groups in total. The number of benzene rings is 1. The van der Waals surface area contributed by atoms with Gasteiger partial charge in [0.05, 0.1) is 5.56 Å². The topological polar surface area (TPSA) is 116 Å². The Bertz CT molecular complexity index is 777. The summed E-state index contributed by atoms with van der Waals surface area (Å²) in [4.78, 5) is 40.8. The molecule has 8 nitrogen and oxygen atoms in total. The third-order valence-corrected chi connectivity index (χ3v) is 4.14. The van der Waals surface area contributed by atoms with Crippen LogP contribution in [-0.2, 0) is 14.3 Å². The highest BCUT2D eigenvalue weighted by Gasteiger charge is 2.26. The summed E-state index contributed by atoms with van der Waals surface area (Å²) in [5.74, 6) is -1.41. The van der Waals surface area contributed by atoms with Crippen molar-refractivity contribution in [1.29, 1.82) is 0 Å².